The lowest BCUT2D eigenvalue weighted by Crippen LogP contribution is -2.71. The molecule has 2 N–H and O–H groups in total. The van der Waals surface area contributed by atoms with E-state index in [-0.39, 0.29) is 27.8 Å². The summed E-state index contributed by atoms with van der Waals surface area (Å²) in [5, 5.41) is 15.2. The van der Waals surface area contributed by atoms with Gasteiger partial charge in [0.15, 0.2) is 5.78 Å². The average Bonchev–Trinajstić information content (AvgIpc) is 3.18. The fourth-order valence-corrected chi connectivity index (χ4v) is 12.6. The summed E-state index contributed by atoms with van der Waals surface area (Å²) >= 11 is 0. The van der Waals surface area contributed by atoms with Gasteiger partial charge in [-0.25, -0.2) is 4.79 Å². The van der Waals surface area contributed by atoms with Crippen molar-refractivity contribution < 1.29 is 19.4 Å². The van der Waals surface area contributed by atoms with Crippen molar-refractivity contribution in [1.82, 2.24) is 5.32 Å². The maximum Gasteiger partial charge on any atom is 0.409 e. The Morgan fingerprint density at radius 3 is 2.19 bits per heavy atom. The molecule has 0 saturated heterocycles. The van der Waals surface area contributed by atoms with E-state index in [1.165, 1.54) is 31.3 Å². The van der Waals surface area contributed by atoms with Crippen molar-refractivity contribution in [2.75, 3.05) is 0 Å². The van der Waals surface area contributed by atoms with Crippen LogP contribution in [0.5, 0.6) is 0 Å². The number of rotatable bonds is 3. The second-order valence-electron chi connectivity index (χ2n) is 17.6. The third kappa shape index (κ3) is 4.09. The van der Waals surface area contributed by atoms with Crippen LogP contribution in [0.2, 0.25) is 0 Å². The van der Waals surface area contributed by atoms with Crippen LogP contribution in [-0.2, 0) is 9.53 Å². The average molecular weight is 582 g/mol. The van der Waals surface area contributed by atoms with Gasteiger partial charge in [-0.1, -0.05) is 67.4 Å². The van der Waals surface area contributed by atoms with Gasteiger partial charge in [0.25, 0.3) is 0 Å². The molecule has 6 rings (SSSR count). The van der Waals surface area contributed by atoms with Crippen LogP contribution in [0.25, 0.3) is 0 Å². The molecule has 6 aliphatic rings. The predicted molar refractivity (Wildman–Crippen MR) is 167 cm³/mol. The highest BCUT2D eigenvalue weighted by atomic mass is 16.6. The summed E-state index contributed by atoms with van der Waals surface area (Å²) in [5.74, 6) is 2.07. The first-order valence-electron chi connectivity index (χ1n) is 17.5. The SMILES string of the molecule is CC(C)C1=C2[C@H]3CC[C@@H]4[C@@]5(C)CC[C@@](O)(NC(=O)OC6CCCCC6)C(C)(C)[C@@H]5CC[C@@]4(C)[C@]3(C)CC[C@@]2(C)CC1=O. The third-order valence-electron chi connectivity index (χ3n) is 15.1. The molecular weight excluding hydrogens is 522 g/mol. The van der Waals surface area contributed by atoms with E-state index in [0.29, 0.717) is 42.3 Å². The molecular formula is C37H59NO4. The second-order valence-corrected chi connectivity index (χ2v) is 17.6. The summed E-state index contributed by atoms with van der Waals surface area (Å²) in [6.07, 6.45) is 13.9. The van der Waals surface area contributed by atoms with Crippen molar-refractivity contribution in [3.8, 4) is 0 Å². The first-order chi connectivity index (χ1) is 19.5. The highest BCUT2D eigenvalue weighted by Crippen LogP contribution is 2.77. The zero-order valence-corrected chi connectivity index (χ0v) is 28.0. The van der Waals surface area contributed by atoms with E-state index >= 15 is 0 Å². The smallest absolute Gasteiger partial charge is 0.409 e. The Balaban J connectivity index is 1.28. The largest absolute Gasteiger partial charge is 0.446 e. The number of ketones is 1. The first-order valence-corrected chi connectivity index (χ1v) is 17.5. The molecule has 0 unspecified atom stereocenters. The van der Waals surface area contributed by atoms with Crippen LogP contribution >= 0.6 is 0 Å². The van der Waals surface area contributed by atoms with E-state index < -0.39 is 17.2 Å². The molecule has 0 aliphatic heterocycles. The van der Waals surface area contributed by atoms with Crippen LogP contribution in [0.3, 0.4) is 0 Å². The minimum atomic E-state index is -1.27. The molecule has 236 valence electrons. The monoisotopic (exact) mass is 581 g/mol. The molecule has 5 nitrogen and oxygen atoms in total. The maximum atomic E-state index is 13.4. The van der Waals surface area contributed by atoms with Crippen molar-refractivity contribution in [1.29, 1.82) is 0 Å². The summed E-state index contributed by atoms with van der Waals surface area (Å²) in [4.78, 5) is 26.5. The first kappa shape index (κ1) is 30.7. The van der Waals surface area contributed by atoms with E-state index in [9.17, 15) is 14.7 Å². The van der Waals surface area contributed by atoms with Gasteiger partial charge >= 0.3 is 6.09 Å². The van der Waals surface area contributed by atoms with Gasteiger partial charge in [0, 0.05) is 11.8 Å². The third-order valence-corrected chi connectivity index (χ3v) is 15.1. The number of fused-ring (bicyclic) bond motifs is 7. The van der Waals surface area contributed by atoms with E-state index in [0.717, 1.165) is 51.4 Å². The number of Topliss-reactive ketones (excluding diaryl/α,β-unsaturated/α-hetero) is 1. The van der Waals surface area contributed by atoms with Gasteiger partial charge in [-0.3, -0.25) is 10.1 Å². The zero-order chi connectivity index (χ0) is 30.5. The summed E-state index contributed by atoms with van der Waals surface area (Å²) in [5.41, 5.74) is 1.46. The number of hydrogen-bond donors (Lipinski definition) is 2. The molecule has 0 bridgehead atoms. The Labute approximate surface area is 255 Å². The molecule has 0 heterocycles. The number of aliphatic hydroxyl groups is 1. The Bertz CT molecular complexity index is 1170. The standard InChI is InChI=1S/C37H59NO4/c1-23(2)29-26(39)22-33(5)18-20-35(7)25(30(29)33)14-15-28-34(6)19-21-37(41,32(3,4)27(34)16-17-36(28,35)8)38-31(40)42-24-12-10-9-11-13-24/h23-25,27-28,41H,9-22H2,1-8H3,(H,38,40)/t25-,27+,28-,33+,34+,35-,36-,37+/m1/s1. The highest BCUT2D eigenvalue weighted by Gasteiger charge is 2.71. The Hall–Kier alpha value is -1.36. The number of allylic oxidation sites excluding steroid dienone is 2. The molecule has 8 atom stereocenters. The molecule has 1 amide bonds. The Kier molecular flexibility index (Phi) is 7.17. The molecule has 5 heteroatoms. The number of carbonyl (C=O) groups is 2. The molecule has 5 fully saturated rings. The predicted octanol–water partition coefficient (Wildman–Crippen LogP) is 8.73. The fraction of sp³-hybridized carbons (Fsp3) is 0.892. The maximum absolute atomic E-state index is 13.4. The number of carbonyl (C=O) groups excluding carboxylic acids is 2. The summed E-state index contributed by atoms with van der Waals surface area (Å²) in [6, 6.07) is 0. The molecule has 0 radical (unpaired) electrons. The lowest BCUT2D eigenvalue weighted by molar-refractivity contribution is -0.256. The van der Waals surface area contributed by atoms with Crippen molar-refractivity contribution in [3.05, 3.63) is 11.1 Å². The van der Waals surface area contributed by atoms with Crippen LogP contribution in [0.15, 0.2) is 11.1 Å². The van der Waals surface area contributed by atoms with E-state index in [1.807, 2.05) is 0 Å². The molecule has 0 aromatic rings. The van der Waals surface area contributed by atoms with Crippen molar-refractivity contribution in [2.24, 2.45) is 50.7 Å². The van der Waals surface area contributed by atoms with Gasteiger partial charge in [0.1, 0.15) is 11.8 Å². The van der Waals surface area contributed by atoms with Gasteiger partial charge < -0.3 is 9.84 Å². The van der Waals surface area contributed by atoms with Crippen LogP contribution in [0.1, 0.15) is 145 Å². The van der Waals surface area contributed by atoms with Crippen molar-refractivity contribution >= 4 is 11.9 Å². The number of hydrogen-bond acceptors (Lipinski definition) is 4. The van der Waals surface area contributed by atoms with Crippen LogP contribution in [-0.4, -0.2) is 28.8 Å². The van der Waals surface area contributed by atoms with E-state index in [2.05, 4.69) is 60.7 Å². The normalized spacial score (nSPS) is 46.9. The molecule has 0 spiro atoms. The van der Waals surface area contributed by atoms with Gasteiger partial charge in [-0.2, -0.15) is 0 Å². The molecule has 42 heavy (non-hydrogen) atoms. The molecule has 0 aromatic heterocycles. The quantitative estimate of drug-likeness (QED) is 0.327. The lowest BCUT2D eigenvalue weighted by Gasteiger charge is -2.72. The lowest BCUT2D eigenvalue weighted by atomic mass is 9.32. The second kappa shape index (κ2) is 9.82. The Morgan fingerprint density at radius 1 is 0.833 bits per heavy atom. The molecule has 0 aromatic carbocycles. The molecule has 6 aliphatic carbocycles. The minimum absolute atomic E-state index is 0.0236. The van der Waals surface area contributed by atoms with Crippen LogP contribution < -0.4 is 5.32 Å². The fourth-order valence-electron chi connectivity index (χ4n) is 12.6. The van der Waals surface area contributed by atoms with Gasteiger partial charge in [0.05, 0.1) is 0 Å². The zero-order valence-electron chi connectivity index (χ0n) is 28.0. The van der Waals surface area contributed by atoms with Crippen LogP contribution in [0.4, 0.5) is 4.79 Å². The summed E-state index contributed by atoms with van der Waals surface area (Å²) < 4.78 is 5.83. The van der Waals surface area contributed by atoms with Crippen LogP contribution in [0, 0.1) is 50.7 Å². The summed E-state index contributed by atoms with van der Waals surface area (Å²) in [6.45, 7) is 18.9. The number of alkyl carbamates (subject to hydrolysis) is 1. The van der Waals surface area contributed by atoms with Gasteiger partial charge in [-0.15, -0.1) is 0 Å². The van der Waals surface area contributed by atoms with Crippen molar-refractivity contribution in [2.45, 2.75) is 157 Å². The number of ether oxygens (including phenoxy) is 1. The Morgan fingerprint density at radius 2 is 1.52 bits per heavy atom. The number of nitrogens with one attached hydrogen (secondary N) is 1. The number of amides is 1. The molecule has 5 saturated carbocycles. The van der Waals surface area contributed by atoms with Crippen molar-refractivity contribution in [3.63, 3.8) is 0 Å². The topological polar surface area (TPSA) is 75.6 Å². The van der Waals surface area contributed by atoms with Gasteiger partial charge in [-0.05, 0) is 128 Å². The van der Waals surface area contributed by atoms with Gasteiger partial charge in [0.2, 0.25) is 0 Å². The highest BCUT2D eigenvalue weighted by molar-refractivity contribution is 6.00. The summed E-state index contributed by atoms with van der Waals surface area (Å²) in [7, 11) is 0. The van der Waals surface area contributed by atoms with E-state index in [4.69, 9.17) is 4.74 Å². The minimum Gasteiger partial charge on any atom is -0.446 e. The van der Waals surface area contributed by atoms with E-state index in [1.54, 1.807) is 5.57 Å².